The molecule has 0 amide bonds. The zero-order valence-corrected chi connectivity index (χ0v) is 8.49. The van der Waals surface area contributed by atoms with Gasteiger partial charge in [-0.15, -0.1) is 0 Å². The maximum absolute atomic E-state index is 5.80. The number of anilines is 1. The third-order valence-corrected chi connectivity index (χ3v) is 2.33. The second-order valence-corrected chi connectivity index (χ2v) is 3.53. The first kappa shape index (κ1) is 9.09. The predicted octanol–water partition coefficient (Wildman–Crippen LogP) is 2.42. The summed E-state index contributed by atoms with van der Waals surface area (Å²) in [5.41, 5.74) is 7.86. The van der Waals surface area contributed by atoms with Crippen molar-refractivity contribution >= 4 is 17.4 Å². The van der Waals surface area contributed by atoms with Crippen LogP contribution in [0, 0.1) is 6.92 Å². The molecule has 4 heteroatoms. The first-order chi connectivity index (χ1) is 6.68. The highest BCUT2D eigenvalue weighted by atomic mass is 35.5. The van der Waals surface area contributed by atoms with Crippen LogP contribution < -0.4 is 5.73 Å². The molecule has 1 aromatic heterocycles. The number of nitrogens with two attached hydrogens (primary N) is 1. The molecule has 0 bridgehead atoms. The molecule has 2 N–H and O–H groups in total. The van der Waals surface area contributed by atoms with Crippen LogP contribution >= 0.6 is 11.6 Å². The van der Waals surface area contributed by atoms with E-state index in [4.69, 9.17) is 17.3 Å². The molecule has 2 rings (SSSR count). The Morgan fingerprint density at radius 3 is 2.43 bits per heavy atom. The molecular formula is C10H10ClN3. The third-order valence-electron chi connectivity index (χ3n) is 2.04. The van der Waals surface area contributed by atoms with E-state index in [1.165, 1.54) is 11.8 Å². The highest BCUT2D eigenvalue weighted by Crippen LogP contribution is 2.21. The standard InChI is InChI=1S/C10H10ClN3/c1-7-2-4-8(5-3-7)14-10(12)9(11)6-13-14/h2-6H,12H2,1H3. The number of hydrogen-bond acceptors (Lipinski definition) is 2. The van der Waals surface area contributed by atoms with E-state index in [-0.39, 0.29) is 0 Å². The monoisotopic (exact) mass is 207 g/mol. The summed E-state index contributed by atoms with van der Waals surface area (Å²) in [6.45, 7) is 2.03. The van der Waals surface area contributed by atoms with Gasteiger partial charge in [-0.25, -0.2) is 4.68 Å². The van der Waals surface area contributed by atoms with Crippen LogP contribution in [0.1, 0.15) is 5.56 Å². The van der Waals surface area contributed by atoms with E-state index in [1.807, 2.05) is 31.2 Å². The molecule has 14 heavy (non-hydrogen) atoms. The Balaban J connectivity index is 2.49. The van der Waals surface area contributed by atoms with Gasteiger partial charge in [-0.1, -0.05) is 29.3 Å². The summed E-state index contributed by atoms with van der Waals surface area (Å²) < 4.78 is 1.61. The van der Waals surface area contributed by atoms with Gasteiger partial charge in [-0.05, 0) is 19.1 Å². The number of hydrogen-bond donors (Lipinski definition) is 1. The fraction of sp³-hybridized carbons (Fsp3) is 0.100. The largest absolute Gasteiger partial charge is 0.382 e. The van der Waals surface area contributed by atoms with Crippen LogP contribution in [-0.2, 0) is 0 Å². The van der Waals surface area contributed by atoms with Gasteiger partial charge in [0.05, 0.1) is 11.9 Å². The van der Waals surface area contributed by atoms with Crippen molar-refractivity contribution < 1.29 is 0 Å². The summed E-state index contributed by atoms with van der Waals surface area (Å²) in [6, 6.07) is 7.92. The molecule has 0 unspecified atom stereocenters. The first-order valence-electron chi connectivity index (χ1n) is 4.24. The summed E-state index contributed by atoms with van der Waals surface area (Å²) in [6.07, 6.45) is 1.54. The van der Waals surface area contributed by atoms with Crippen molar-refractivity contribution in [1.82, 2.24) is 9.78 Å². The molecule has 72 valence electrons. The average molecular weight is 208 g/mol. The van der Waals surface area contributed by atoms with Gasteiger partial charge in [0.25, 0.3) is 0 Å². The number of benzene rings is 1. The molecule has 1 aromatic carbocycles. The molecule has 0 fully saturated rings. The highest BCUT2D eigenvalue weighted by Gasteiger charge is 2.05. The molecule has 0 aliphatic rings. The minimum absolute atomic E-state index is 0.468. The molecule has 0 spiro atoms. The smallest absolute Gasteiger partial charge is 0.146 e. The lowest BCUT2D eigenvalue weighted by Crippen LogP contribution is -2.01. The molecule has 0 atom stereocenters. The van der Waals surface area contributed by atoms with Crippen molar-refractivity contribution in [3.8, 4) is 5.69 Å². The Morgan fingerprint density at radius 2 is 1.93 bits per heavy atom. The Kier molecular flexibility index (Phi) is 2.17. The molecule has 3 nitrogen and oxygen atoms in total. The molecule has 0 saturated heterocycles. The molecule has 0 radical (unpaired) electrons. The van der Waals surface area contributed by atoms with Crippen LogP contribution in [0.3, 0.4) is 0 Å². The Morgan fingerprint density at radius 1 is 1.29 bits per heavy atom. The maximum Gasteiger partial charge on any atom is 0.146 e. The fourth-order valence-electron chi connectivity index (χ4n) is 1.23. The fourth-order valence-corrected chi connectivity index (χ4v) is 1.35. The number of aromatic nitrogens is 2. The maximum atomic E-state index is 5.80. The number of rotatable bonds is 1. The van der Waals surface area contributed by atoms with Crippen molar-refractivity contribution in [1.29, 1.82) is 0 Å². The summed E-state index contributed by atoms with van der Waals surface area (Å²) in [7, 11) is 0. The predicted molar refractivity (Wildman–Crippen MR) is 57.7 cm³/mol. The van der Waals surface area contributed by atoms with Gasteiger partial charge in [-0.2, -0.15) is 5.10 Å². The Bertz CT molecular complexity index is 445. The van der Waals surface area contributed by atoms with Gasteiger partial charge in [-0.3, -0.25) is 0 Å². The van der Waals surface area contributed by atoms with Crippen LogP contribution in [0.15, 0.2) is 30.5 Å². The number of halogens is 1. The summed E-state index contributed by atoms with van der Waals surface area (Å²) in [5.74, 6) is 0.468. The van der Waals surface area contributed by atoms with Gasteiger partial charge in [0.1, 0.15) is 10.8 Å². The van der Waals surface area contributed by atoms with Gasteiger partial charge in [0, 0.05) is 0 Å². The number of nitrogen functional groups attached to an aromatic ring is 1. The summed E-state index contributed by atoms with van der Waals surface area (Å²) in [4.78, 5) is 0. The minimum Gasteiger partial charge on any atom is -0.382 e. The SMILES string of the molecule is Cc1ccc(-n2ncc(Cl)c2N)cc1. The van der Waals surface area contributed by atoms with Crippen molar-refractivity contribution in [3.63, 3.8) is 0 Å². The topological polar surface area (TPSA) is 43.8 Å². The Labute approximate surface area is 87.1 Å². The van der Waals surface area contributed by atoms with Crippen LogP contribution in [0.5, 0.6) is 0 Å². The lowest BCUT2D eigenvalue weighted by Gasteiger charge is -2.03. The lowest BCUT2D eigenvalue weighted by atomic mass is 10.2. The van der Waals surface area contributed by atoms with E-state index in [9.17, 15) is 0 Å². The lowest BCUT2D eigenvalue weighted by molar-refractivity contribution is 0.891. The second-order valence-electron chi connectivity index (χ2n) is 3.13. The van der Waals surface area contributed by atoms with Crippen LogP contribution in [-0.4, -0.2) is 9.78 Å². The van der Waals surface area contributed by atoms with Crippen LogP contribution in [0.2, 0.25) is 5.02 Å². The quantitative estimate of drug-likeness (QED) is 0.781. The van der Waals surface area contributed by atoms with E-state index in [2.05, 4.69) is 5.10 Å². The zero-order valence-electron chi connectivity index (χ0n) is 7.74. The summed E-state index contributed by atoms with van der Waals surface area (Å²) >= 11 is 5.80. The molecule has 0 aliphatic carbocycles. The first-order valence-corrected chi connectivity index (χ1v) is 4.62. The molecule has 2 aromatic rings. The minimum atomic E-state index is 0.468. The molecule has 0 saturated carbocycles. The van der Waals surface area contributed by atoms with E-state index in [1.54, 1.807) is 4.68 Å². The van der Waals surface area contributed by atoms with Gasteiger partial charge in [0.2, 0.25) is 0 Å². The van der Waals surface area contributed by atoms with Crippen LogP contribution in [0.4, 0.5) is 5.82 Å². The zero-order chi connectivity index (χ0) is 10.1. The number of aryl methyl sites for hydroxylation is 1. The van der Waals surface area contributed by atoms with Crippen molar-refractivity contribution in [3.05, 3.63) is 41.0 Å². The normalized spacial score (nSPS) is 10.4. The summed E-state index contributed by atoms with van der Waals surface area (Å²) in [5, 5.41) is 4.55. The van der Waals surface area contributed by atoms with Gasteiger partial charge in [0.15, 0.2) is 0 Å². The molecule has 1 heterocycles. The molecule has 0 aliphatic heterocycles. The van der Waals surface area contributed by atoms with E-state index in [0.29, 0.717) is 10.8 Å². The van der Waals surface area contributed by atoms with Crippen molar-refractivity contribution in [2.45, 2.75) is 6.92 Å². The van der Waals surface area contributed by atoms with E-state index < -0.39 is 0 Å². The van der Waals surface area contributed by atoms with Crippen LogP contribution in [0.25, 0.3) is 5.69 Å². The average Bonchev–Trinajstić information content (AvgIpc) is 2.50. The molecular weight excluding hydrogens is 198 g/mol. The van der Waals surface area contributed by atoms with Crippen molar-refractivity contribution in [2.75, 3.05) is 5.73 Å². The van der Waals surface area contributed by atoms with E-state index >= 15 is 0 Å². The second kappa shape index (κ2) is 3.35. The van der Waals surface area contributed by atoms with Gasteiger partial charge >= 0.3 is 0 Å². The number of nitrogens with zero attached hydrogens (tertiary/aromatic N) is 2. The van der Waals surface area contributed by atoms with Crippen molar-refractivity contribution in [2.24, 2.45) is 0 Å². The van der Waals surface area contributed by atoms with E-state index in [0.717, 1.165) is 5.69 Å². The van der Waals surface area contributed by atoms with Gasteiger partial charge < -0.3 is 5.73 Å². The Hall–Kier alpha value is -1.48. The third kappa shape index (κ3) is 1.46. The highest BCUT2D eigenvalue weighted by molar-refractivity contribution is 6.32.